The molecule has 0 spiro atoms. The maximum atomic E-state index is 12.9. The van der Waals surface area contributed by atoms with Gasteiger partial charge in [0.25, 0.3) is 5.91 Å². The largest absolute Gasteiger partial charge is 0.361 e. The number of nitrogens with zero attached hydrogens (tertiary/aromatic N) is 1. The van der Waals surface area contributed by atoms with Crippen molar-refractivity contribution in [2.24, 2.45) is 0 Å². The molecule has 2 heterocycles. The van der Waals surface area contributed by atoms with Gasteiger partial charge in [-0.05, 0) is 48.4 Å². The molecule has 2 aromatic rings. The molecule has 1 N–H and O–H groups in total. The van der Waals surface area contributed by atoms with Crippen molar-refractivity contribution in [3.63, 3.8) is 0 Å². The molecule has 0 saturated carbocycles. The highest BCUT2D eigenvalue weighted by Gasteiger charge is 2.26. The van der Waals surface area contributed by atoms with E-state index in [1.54, 1.807) is 0 Å². The van der Waals surface area contributed by atoms with Gasteiger partial charge in [-0.15, -0.1) is 0 Å². The second-order valence-corrected chi connectivity index (χ2v) is 7.07. The average Bonchev–Trinajstić information content (AvgIpc) is 2.92. The van der Waals surface area contributed by atoms with Gasteiger partial charge in [-0.25, -0.2) is 0 Å². The summed E-state index contributed by atoms with van der Waals surface area (Å²) in [6, 6.07) is 6.24. The zero-order valence-electron chi connectivity index (χ0n) is 13.2. The van der Waals surface area contributed by atoms with Crippen molar-refractivity contribution in [1.82, 2.24) is 9.88 Å². The summed E-state index contributed by atoms with van der Waals surface area (Å²) < 4.78 is 0. The first-order valence-electron chi connectivity index (χ1n) is 7.88. The molecular formula is C18H24N2O. The second-order valence-electron chi connectivity index (χ2n) is 7.07. The number of hydrogen-bond acceptors (Lipinski definition) is 1. The fourth-order valence-corrected chi connectivity index (χ4v) is 3.17. The van der Waals surface area contributed by atoms with E-state index in [1.165, 1.54) is 6.42 Å². The van der Waals surface area contributed by atoms with Crippen molar-refractivity contribution in [2.75, 3.05) is 13.1 Å². The predicted octanol–water partition coefficient (Wildman–Crippen LogP) is 4.09. The van der Waals surface area contributed by atoms with E-state index in [9.17, 15) is 4.79 Å². The number of hydrogen-bond donors (Lipinski definition) is 1. The lowest BCUT2D eigenvalue weighted by Gasteiger charge is -2.30. The van der Waals surface area contributed by atoms with E-state index < -0.39 is 0 Å². The average molecular weight is 284 g/mol. The number of carbonyl (C=O) groups is 1. The number of fused-ring (bicyclic) bond motifs is 1. The Kier molecular flexibility index (Phi) is 3.52. The van der Waals surface area contributed by atoms with Crippen LogP contribution in [-0.2, 0) is 5.41 Å². The van der Waals surface area contributed by atoms with E-state index in [2.05, 4.69) is 37.9 Å². The molecule has 3 heteroatoms. The zero-order chi connectivity index (χ0) is 15.0. The summed E-state index contributed by atoms with van der Waals surface area (Å²) in [6.07, 6.45) is 5.44. The number of aromatic nitrogens is 1. The first kappa shape index (κ1) is 14.2. The summed E-state index contributed by atoms with van der Waals surface area (Å²) in [6.45, 7) is 8.31. The lowest BCUT2D eigenvalue weighted by atomic mass is 9.82. The van der Waals surface area contributed by atoms with Gasteiger partial charge in [0, 0.05) is 35.8 Å². The molecule has 0 aliphatic carbocycles. The number of nitrogens with one attached hydrogen (secondary N) is 1. The number of benzene rings is 1. The number of rotatable bonds is 1. The first-order valence-corrected chi connectivity index (χ1v) is 7.88. The van der Waals surface area contributed by atoms with Crippen molar-refractivity contribution in [2.45, 2.75) is 45.4 Å². The molecule has 21 heavy (non-hydrogen) atoms. The standard InChI is InChI=1S/C18H24N2O/c1-18(2,3)15-12-16-13(7-8-19-16)11-14(15)17(21)20-9-5-4-6-10-20/h7-8,11-12,19H,4-6,9-10H2,1-3H3. The van der Waals surface area contributed by atoms with E-state index in [1.807, 2.05) is 17.2 Å². The van der Waals surface area contributed by atoms with Crippen molar-refractivity contribution >= 4 is 16.8 Å². The van der Waals surface area contributed by atoms with Crippen molar-refractivity contribution in [3.05, 3.63) is 35.5 Å². The number of carbonyl (C=O) groups excluding carboxylic acids is 1. The monoisotopic (exact) mass is 284 g/mol. The Morgan fingerprint density at radius 3 is 2.52 bits per heavy atom. The molecule has 1 aliphatic heterocycles. The fraction of sp³-hybridized carbons (Fsp3) is 0.500. The van der Waals surface area contributed by atoms with Crippen LogP contribution in [0.1, 0.15) is 56.0 Å². The smallest absolute Gasteiger partial charge is 0.254 e. The number of aromatic amines is 1. The van der Waals surface area contributed by atoms with Crippen LogP contribution in [0.25, 0.3) is 10.9 Å². The molecule has 0 radical (unpaired) electrons. The molecule has 1 saturated heterocycles. The van der Waals surface area contributed by atoms with Gasteiger partial charge in [0.05, 0.1) is 0 Å². The number of piperidine rings is 1. The Balaban J connectivity index is 2.08. The highest BCUT2D eigenvalue weighted by molar-refractivity contribution is 6.00. The van der Waals surface area contributed by atoms with E-state index in [0.29, 0.717) is 0 Å². The molecule has 1 amide bonds. The Labute approximate surface area is 126 Å². The summed E-state index contributed by atoms with van der Waals surface area (Å²) in [5.74, 6) is 0.197. The highest BCUT2D eigenvalue weighted by Crippen LogP contribution is 2.31. The summed E-state index contributed by atoms with van der Waals surface area (Å²) >= 11 is 0. The quantitative estimate of drug-likeness (QED) is 0.841. The van der Waals surface area contributed by atoms with Crippen LogP contribution in [0.4, 0.5) is 0 Å². The van der Waals surface area contributed by atoms with Crippen molar-refractivity contribution in [1.29, 1.82) is 0 Å². The van der Waals surface area contributed by atoms with Gasteiger partial charge in [0.15, 0.2) is 0 Å². The zero-order valence-corrected chi connectivity index (χ0v) is 13.2. The lowest BCUT2D eigenvalue weighted by molar-refractivity contribution is 0.0722. The van der Waals surface area contributed by atoms with E-state index in [-0.39, 0.29) is 11.3 Å². The third-order valence-electron chi connectivity index (χ3n) is 4.37. The topological polar surface area (TPSA) is 36.1 Å². The molecule has 0 atom stereocenters. The lowest BCUT2D eigenvalue weighted by Crippen LogP contribution is -2.36. The molecule has 0 bridgehead atoms. The van der Waals surface area contributed by atoms with Crippen LogP contribution < -0.4 is 0 Å². The van der Waals surface area contributed by atoms with Gasteiger partial charge in [-0.3, -0.25) is 4.79 Å². The number of likely N-dealkylation sites (tertiary alicyclic amines) is 1. The predicted molar refractivity (Wildman–Crippen MR) is 86.8 cm³/mol. The highest BCUT2D eigenvalue weighted by atomic mass is 16.2. The minimum absolute atomic E-state index is 0.0416. The van der Waals surface area contributed by atoms with Gasteiger partial charge in [-0.1, -0.05) is 20.8 Å². The molecule has 1 aliphatic rings. The summed E-state index contributed by atoms with van der Waals surface area (Å²) in [5, 5.41) is 1.11. The van der Waals surface area contributed by atoms with Crippen LogP contribution in [0.3, 0.4) is 0 Å². The van der Waals surface area contributed by atoms with Gasteiger partial charge >= 0.3 is 0 Å². The number of H-pyrrole nitrogens is 1. The third kappa shape index (κ3) is 2.69. The Hall–Kier alpha value is -1.77. The van der Waals surface area contributed by atoms with E-state index in [4.69, 9.17) is 0 Å². The molecule has 3 rings (SSSR count). The van der Waals surface area contributed by atoms with Gasteiger partial charge in [0.1, 0.15) is 0 Å². The fourth-order valence-electron chi connectivity index (χ4n) is 3.17. The van der Waals surface area contributed by atoms with Gasteiger partial charge < -0.3 is 9.88 Å². The number of amides is 1. The summed E-state index contributed by atoms with van der Waals surface area (Å²) in [5.41, 5.74) is 3.07. The Bertz CT molecular complexity index is 657. The van der Waals surface area contributed by atoms with E-state index in [0.717, 1.165) is 48.0 Å². The maximum Gasteiger partial charge on any atom is 0.254 e. The third-order valence-corrected chi connectivity index (χ3v) is 4.37. The minimum atomic E-state index is -0.0416. The Morgan fingerprint density at radius 2 is 1.86 bits per heavy atom. The molecular weight excluding hydrogens is 260 g/mol. The van der Waals surface area contributed by atoms with Crippen molar-refractivity contribution < 1.29 is 4.79 Å². The SMILES string of the molecule is CC(C)(C)c1cc2[nH]ccc2cc1C(=O)N1CCCCC1. The van der Waals surface area contributed by atoms with Crippen molar-refractivity contribution in [3.8, 4) is 0 Å². The second kappa shape index (κ2) is 5.21. The van der Waals surface area contributed by atoms with Crippen LogP contribution in [0.5, 0.6) is 0 Å². The van der Waals surface area contributed by atoms with Crippen LogP contribution in [0, 0.1) is 0 Å². The first-order chi connectivity index (χ1) is 9.97. The normalized spacial score (nSPS) is 16.4. The molecule has 1 aromatic heterocycles. The molecule has 0 unspecified atom stereocenters. The molecule has 3 nitrogen and oxygen atoms in total. The van der Waals surface area contributed by atoms with E-state index >= 15 is 0 Å². The molecule has 1 aromatic carbocycles. The molecule has 112 valence electrons. The van der Waals surface area contributed by atoms with Crippen LogP contribution in [-0.4, -0.2) is 28.9 Å². The molecule has 1 fully saturated rings. The van der Waals surface area contributed by atoms with Crippen LogP contribution in [0.2, 0.25) is 0 Å². The van der Waals surface area contributed by atoms with Crippen LogP contribution in [0.15, 0.2) is 24.4 Å². The Morgan fingerprint density at radius 1 is 1.14 bits per heavy atom. The summed E-state index contributed by atoms with van der Waals surface area (Å²) in [7, 11) is 0. The van der Waals surface area contributed by atoms with Crippen LogP contribution >= 0.6 is 0 Å². The summed E-state index contributed by atoms with van der Waals surface area (Å²) in [4.78, 5) is 18.2. The minimum Gasteiger partial charge on any atom is -0.361 e. The van der Waals surface area contributed by atoms with Gasteiger partial charge in [-0.2, -0.15) is 0 Å². The maximum absolute atomic E-state index is 12.9. The van der Waals surface area contributed by atoms with Gasteiger partial charge in [0.2, 0.25) is 0 Å².